The second kappa shape index (κ2) is 6.53. The minimum Gasteiger partial charge on any atom is -0.259 e. The Balaban J connectivity index is 0.000000921. The van der Waals surface area contributed by atoms with E-state index in [9.17, 15) is 0 Å². The fraction of sp³-hybridized carbons (Fsp3) is 0.583. The van der Waals surface area contributed by atoms with Gasteiger partial charge in [-0.25, -0.2) is 5.01 Å². The molecule has 1 aromatic rings. The number of hydrazine groups is 1. The lowest BCUT2D eigenvalue weighted by Crippen LogP contribution is -2.46. The van der Waals surface area contributed by atoms with Gasteiger partial charge >= 0.3 is 0 Å². The minimum atomic E-state index is -0.0873. The Hall–Kier alpha value is -0.930. The minimum absolute atomic E-state index is 0.0873. The van der Waals surface area contributed by atoms with Crippen LogP contribution in [-0.4, -0.2) is 24.1 Å². The highest BCUT2D eigenvalue weighted by molar-refractivity contribution is 5.12. The molecule has 15 heavy (non-hydrogen) atoms. The van der Waals surface area contributed by atoms with Gasteiger partial charge in [-0.3, -0.25) is 10.4 Å². The van der Waals surface area contributed by atoms with Gasteiger partial charge in [0.25, 0.3) is 0 Å². The molecular weight excluding hydrogens is 186 g/mol. The van der Waals surface area contributed by atoms with Gasteiger partial charge < -0.3 is 0 Å². The predicted molar refractivity (Wildman–Crippen MR) is 65.4 cm³/mol. The molecule has 0 radical (unpaired) electrons. The third-order valence-electron chi connectivity index (χ3n) is 2.47. The molecule has 0 bridgehead atoms. The summed E-state index contributed by atoms with van der Waals surface area (Å²) in [4.78, 5) is 4.34. The summed E-state index contributed by atoms with van der Waals surface area (Å²) in [5.41, 5.74) is 4.07. The summed E-state index contributed by atoms with van der Waals surface area (Å²) in [5.74, 6) is 0. The lowest BCUT2D eigenvalue weighted by molar-refractivity contribution is 0.100. The first-order valence-corrected chi connectivity index (χ1v) is 5.41. The standard InChI is InChI=1S/C10H17N3.C2H6/c1-10(2,13(4)11-3)9-7-5-6-8-12-9;1-2/h5-8,11H,1-4H3;1-2H3. The van der Waals surface area contributed by atoms with Crippen LogP contribution in [0.4, 0.5) is 0 Å². The van der Waals surface area contributed by atoms with Crippen molar-refractivity contribution >= 4 is 0 Å². The molecule has 0 aromatic carbocycles. The van der Waals surface area contributed by atoms with E-state index in [-0.39, 0.29) is 5.54 Å². The molecule has 0 aliphatic carbocycles. The smallest absolute Gasteiger partial charge is 0.0714 e. The van der Waals surface area contributed by atoms with Crippen LogP contribution in [0, 0.1) is 0 Å². The summed E-state index contributed by atoms with van der Waals surface area (Å²) in [7, 11) is 3.92. The predicted octanol–water partition coefficient (Wildman–Crippen LogP) is 2.41. The van der Waals surface area contributed by atoms with E-state index in [0.29, 0.717) is 0 Å². The van der Waals surface area contributed by atoms with Crippen molar-refractivity contribution in [2.24, 2.45) is 0 Å². The Kier molecular flexibility index (Phi) is 6.13. The molecule has 3 heteroatoms. The summed E-state index contributed by atoms with van der Waals surface area (Å²) in [6.45, 7) is 8.26. The molecule has 0 fully saturated rings. The first-order chi connectivity index (χ1) is 7.09. The molecule has 86 valence electrons. The van der Waals surface area contributed by atoms with E-state index >= 15 is 0 Å². The molecule has 0 unspecified atom stereocenters. The molecule has 0 amide bonds. The second-order valence-electron chi connectivity index (χ2n) is 3.56. The van der Waals surface area contributed by atoms with Crippen LogP contribution >= 0.6 is 0 Å². The Morgan fingerprint density at radius 3 is 2.27 bits per heavy atom. The van der Waals surface area contributed by atoms with E-state index in [4.69, 9.17) is 0 Å². The number of pyridine rings is 1. The van der Waals surface area contributed by atoms with Crippen molar-refractivity contribution in [1.29, 1.82) is 0 Å². The summed E-state index contributed by atoms with van der Waals surface area (Å²) >= 11 is 0. The average molecular weight is 209 g/mol. The normalized spacial score (nSPS) is 10.9. The van der Waals surface area contributed by atoms with Gasteiger partial charge in [0.1, 0.15) is 0 Å². The van der Waals surface area contributed by atoms with Crippen LogP contribution in [0.3, 0.4) is 0 Å². The number of hydrogen-bond acceptors (Lipinski definition) is 3. The number of rotatable bonds is 3. The molecule has 3 nitrogen and oxygen atoms in total. The Labute approximate surface area is 93.5 Å². The summed E-state index contributed by atoms with van der Waals surface area (Å²) in [6, 6.07) is 5.97. The van der Waals surface area contributed by atoms with Crippen molar-refractivity contribution < 1.29 is 0 Å². The van der Waals surface area contributed by atoms with Crippen LogP contribution in [0.2, 0.25) is 0 Å². The van der Waals surface area contributed by atoms with E-state index < -0.39 is 0 Å². The molecule has 1 N–H and O–H groups in total. The fourth-order valence-corrected chi connectivity index (χ4v) is 1.18. The molecule has 0 saturated carbocycles. The van der Waals surface area contributed by atoms with Crippen LogP contribution in [0.1, 0.15) is 33.4 Å². The SMILES string of the molecule is CC.CNN(C)C(C)(C)c1ccccn1. The molecule has 0 atom stereocenters. The molecule has 1 heterocycles. The first kappa shape index (κ1) is 14.1. The van der Waals surface area contributed by atoms with Crippen molar-refractivity contribution in [3.8, 4) is 0 Å². The van der Waals surface area contributed by atoms with Crippen LogP contribution in [0.15, 0.2) is 24.4 Å². The number of nitrogens with zero attached hydrogens (tertiary/aromatic N) is 2. The molecular formula is C12H23N3. The van der Waals surface area contributed by atoms with Crippen molar-refractivity contribution in [2.45, 2.75) is 33.2 Å². The highest BCUT2D eigenvalue weighted by atomic mass is 15.5. The van der Waals surface area contributed by atoms with E-state index in [2.05, 4.69) is 24.3 Å². The van der Waals surface area contributed by atoms with Crippen molar-refractivity contribution in [1.82, 2.24) is 15.4 Å². The molecule has 0 aliphatic rings. The van der Waals surface area contributed by atoms with Crippen LogP contribution in [-0.2, 0) is 5.54 Å². The molecule has 1 rings (SSSR count). The Morgan fingerprint density at radius 2 is 1.87 bits per heavy atom. The lowest BCUT2D eigenvalue weighted by Gasteiger charge is -2.34. The Bertz CT molecular complexity index is 257. The largest absolute Gasteiger partial charge is 0.259 e. The molecule has 1 aromatic heterocycles. The number of hydrogen-bond donors (Lipinski definition) is 1. The van der Waals surface area contributed by atoms with Gasteiger partial charge in [-0.05, 0) is 33.0 Å². The number of aromatic nitrogens is 1. The average Bonchev–Trinajstić information content (AvgIpc) is 2.31. The zero-order valence-corrected chi connectivity index (χ0v) is 10.7. The molecule has 0 saturated heterocycles. The zero-order chi connectivity index (χ0) is 11.9. The van der Waals surface area contributed by atoms with Gasteiger partial charge in [0, 0.05) is 13.2 Å². The highest BCUT2D eigenvalue weighted by Crippen LogP contribution is 2.21. The Morgan fingerprint density at radius 1 is 1.27 bits per heavy atom. The maximum Gasteiger partial charge on any atom is 0.0714 e. The highest BCUT2D eigenvalue weighted by Gasteiger charge is 2.25. The van der Waals surface area contributed by atoms with Gasteiger partial charge in [0.15, 0.2) is 0 Å². The van der Waals surface area contributed by atoms with E-state index in [1.165, 1.54) is 0 Å². The maximum atomic E-state index is 4.34. The van der Waals surface area contributed by atoms with Gasteiger partial charge in [0.05, 0.1) is 11.2 Å². The first-order valence-electron chi connectivity index (χ1n) is 5.41. The van der Waals surface area contributed by atoms with Crippen LogP contribution < -0.4 is 5.43 Å². The van der Waals surface area contributed by atoms with Crippen LogP contribution in [0.25, 0.3) is 0 Å². The van der Waals surface area contributed by atoms with Crippen molar-refractivity contribution in [2.75, 3.05) is 14.1 Å². The summed E-state index contributed by atoms with van der Waals surface area (Å²) in [5, 5.41) is 2.04. The monoisotopic (exact) mass is 209 g/mol. The molecule has 0 spiro atoms. The zero-order valence-electron chi connectivity index (χ0n) is 10.7. The quantitative estimate of drug-likeness (QED) is 0.775. The van der Waals surface area contributed by atoms with E-state index in [1.54, 1.807) is 0 Å². The van der Waals surface area contributed by atoms with Crippen molar-refractivity contribution in [3.63, 3.8) is 0 Å². The van der Waals surface area contributed by atoms with E-state index in [1.807, 2.05) is 57.3 Å². The lowest BCUT2D eigenvalue weighted by atomic mass is 10.00. The third-order valence-corrected chi connectivity index (χ3v) is 2.47. The fourth-order valence-electron chi connectivity index (χ4n) is 1.18. The van der Waals surface area contributed by atoms with Crippen molar-refractivity contribution in [3.05, 3.63) is 30.1 Å². The van der Waals surface area contributed by atoms with Gasteiger partial charge in [-0.1, -0.05) is 19.9 Å². The van der Waals surface area contributed by atoms with Gasteiger partial charge in [-0.2, -0.15) is 0 Å². The molecule has 0 aliphatic heterocycles. The van der Waals surface area contributed by atoms with Gasteiger partial charge in [0.2, 0.25) is 0 Å². The second-order valence-corrected chi connectivity index (χ2v) is 3.56. The van der Waals surface area contributed by atoms with Gasteiger partial charge in [-0.15, -0.1) is 0 Å². The summed E-state index contributed by atoms with van der Waals surface area (Å²) in [6.07, 6.45) is 1.82. The topological polar surface area (TPSA) is 28.2 Å². The maximum absolute atomic E-state index is 4.34. The third kappa shape index (κ3) is 3.61. The number of nitrogens with one attached hydrogen (secondary N) is 1. The van der Waals surface area contributed by atoms with Crippen LogP contribution in [0.5, 0.6) is 0 Å². The van der Waals surface area contributed by atoms with E-state index in [0.717, 1.165) is 5.69 Å². The summed E-state index contributed by atoms with van der Waals surface area (Å²) < 4.78 is 0.